The van der Waals surface area contributed by atoms with Crippen LogP contribution in [-0.2, 0) is 21.1 Å². The second-order valence-corrected chi connectivity index (χ2v) is 9.27. The molecule has 1 aromatic heterocycles. The van der Waals surface area contributed by atoms with Crippen molar-refractivity contribution >= 4 is 33.0 Å². The van der Waals surface area contributed by atoms with E-state index in [0.29, 0.717) is 12.8 Å². The van der Waals surface area contributed by atoms with E-state index in [4.69, 9.17) is 0 Å². The number of halogens is 1. The highest BCUT2D eigenvalue weighted by Crippen LogP contribution is 2.23. The van der Waals surface area contributed by atoms with E-state index in [1.807, 2.05) is 30.3 Å². The summed E-state index contributed by atoms with van der Waals surface area (Å²) in [6.45, 7) is 0. The van der Waals surface area contributed by atoms with E-state index in [2.05, 4.69) is 15.6 Å². The van der Waals surface area contributed by atoms with Crippen LogP contribution in [0.2, 0.25) is 0 Å². The minimum Gasteiger partial charge on any atom is -0.323 e. The highest BCUT2D eigenvalue weighted by Gasteiger charge is 2.19. The average Bonchev–Trinajstić information content (AvgIpc) is 2.76. The van der Waals surface area contributed by atoms with E-state index in [-0.39, 0.29) is 22.8 Å². The monoisotopic (exact) mass is 455 g/mol. The Labute approximate surface area is 185 Å². The van der Waals surface area contributed by atoms with Gasteiger partial charge in [0.1, 0.15) is 17.3 Å². The van der Waals surface area contributed by atoms with Crippen LogP contribution in [0.5, 0.6) is 0 Å². The van der Waals surface area contributed by atoms with Crippen LogP contribution < -0.4 is 10.6 Å². The van der Waals surface area contributed by atoms with Gasteiger partial charge in [0, 0.05) is 6.20 Å². The van der Waals surface area contributed by atoms with Crippen LogP contribution in [0.25, 0.3) is 0 Å². The lowest BCUT2D eigenvalue weighted by Crippen LogP contribution is -2.25. The first kappa shape index (κ1) is 23.1. The standard InChI is InChI=1S/C23H22FN3O4S/c24-18-11-12-19(27-23(29)20-10-4-5-13-25-20)21(15-18)26-22(28)16-32(30,31)14-6-9-17-7-2-1-3-8-17/h1-5,7-8,10-13,15H,6,9,14,16H2,(H,26,28)(H,27,29). The van der Waals surface area contributed by atoms with Crippen molar-refractivity contribution in [1.82, 2.24) is 4.98 Å². The number of nitrogens with zero attached hydrogens (tertiary/aromatic N) is 1. The Morgan fingerprint density at radius 3 is 2.38 bits per heavy atom. The summed E-state index contributed by atoms with van der Waals surface area (Å²) in [5.41, 5.74) is 1.23. The number of aryl methyl sites for hydroxylation is 1. The molecule has 0 unspecified atom stereocenters. The quantitative estimate of drug-likeness (QED) is 0.514. The second-order valence-electron chi connectivity index (χ2n) is 7.09. The number of sulfone groups is 1. The molecule has 0 radical (unpaired) electrons. The Balaban J connectivity index is 1.61. The van der Waals surface area contributed by atoms with Gasteiger partial charge in [0.05, 0.1) is 17.1 Å². The molecular weight excluding hydrogens is 433 g/mol. The zero-order valence-electron chi connectivity index (χ0n) is 17.1. The maximum Gasteiger partial charge on any atom is 0.274 e. The normalized spacial score (nSPS) is 11.0. The molecule has 3 rings (SSSR count). The van der Waals surface area contributed by atoms with Gasteiger partial charge < -0.3 is 10.6 Å². The van der Waals surface area contributed by atoms with Crippen molar-refractivity contribution in [1.29, 1.82) is 0 Å². The Morgan fingerprint density at radius 2 is 1.66 bits per heavy atom. The third-order valence-corrected chi connectivity index (χ3v) is 6.13. The van der Waals surface area contributed by atoms with Gasteiger partial charge in [-0.1, -0.05) is 36.4 Å². The van der Waals surface area contributed by atoms with E-state index in [9.17, 15) is 22.4 Å². The van der Waals surface area contributed by atoms with Crippen LogP contribution in [0.1, 0.15) is 22.5 Å². The predicted octanol–water partition coefficient (Wildman–Crippen LogP) is 3.46. The van der Waals surface area contributed by atoms with Crippen LogP contribution >= 0.6 is 0 Å². The summed E-state index contributed by atoms with van der Waals surface area (Å²) >= 11 is 0. The first-order valence-electron chi connectivity index (χ1n) is 9.88. The van der Waals surface area contributed by atoms with Crippen molar-refractivity contribution in [3.05, 3.63) is 90.0 Å². The van der Waals surface area contributed by atoms with Crippen molar-refractivity contribution in [2.75, 3.05) is 22.1 Å². The van der Waals surface area contributed by atoms with Gasteiger partial charge in [-0.05, 0) is 48.7 Å². The molecule has 2 amide bonds. The van der Waals surface area contributed by atoms with Crippen molar-refractivity contribution in [3.63, 3.8) is 0 Å². The third-order valence-electron chi connectivity index (χ3n) is 4.52. The van der Waals surface area contributed by atoms with E-state index in [1.165, 1.54) is 18.3 Å². The number of nitrogens with one attached hydrogen (secondary N) is 2. The highest BCUT2D eigenvalue weighted by atomic mass is 32.2. The molecule has 7 nitrogen and oxygen atoms in total. The van der Waals surface area contributed by atoms with Crippen molar-refractivity contribution < 1.29 is 22.4 Å². The smallest absolute Gasteiger partial charge is 0.274 e. The number of hydrogen-bond acceptors (Lipinski definition) is 5. The van der Waals surface area contributed by atoms with Gasteiger partial charge >= 0.3 is 0 Å². The summed E-state index contributed by atoms with van der Waals surface area (Å²) in [5.74, 6) is -2.92. The molecule has 0 atom stereocenters. The summed E-state index contributed by atoms with van der Waals surface area (Å²) in [7, 11) is -3.66. The Morgan fingerprint density at radius 1 is 0.906 bits per heavy atom. The van der Waals surface area contributed by atoms with Crippen LogP contribution in [0, 0.1) is 5.82 Å². The predicted molar refractivity (Wildman–Crippen MR) is 121 cm³/mol. The highest BCUT2D eigenvalue weighted by molar-refractivity contribution is 7.92. The SMILES string of the molecule is O=C(CS(=O)(=O)CCCc1ccccc1)Nc1cc(F)ccc1NC(=O)c1ccccn1. The molecule has 0 aliphatic carbocycles. The molecule has 0 saturated heterocycles. The average molecular weight is 456 g/mol. The lowest BCUT2D eigenvalue weighted by molar-refractivity contribution is -0.113. The molecule has 166 valence electrons. The summed E-state index contributed by atoms with van der Waals surface area (Å²) in [6.07, 6.45) is 2.41. The minimum absolute atomic E-state index is 0.0428. The molecule has 0 bridgehead atoms. The Bertz CT molecular complexity index is 1190. The molecule has 1 heterocycles. The largest absolute Gasteiger partial charge is 0.323 e. The van der Waals surface area contributed by atoms with Gasteiger partial charge in [-0.3, -0.25) is 14.6 Å². The lowest BCUT2D eigenvalue weighted by Gasteiger charge is -2.13. The fourth-order valence-electron chi connectivity index (χ4n) is 3.01. The topological polar surface area (TPSA) is 105 Å². The molecule has 0 fully saturated rings. The number of amides is 2. The van der Waals surface area contributed by atoms with Crippen molar-refractivity contribution in [3.8, 4) is 0 Å². The van der Waals surface area contributed by atoms with Gasteiger partial charge in [0.15, 0.2) is 9.84 Å². The Kier molecular flexibility index (Phi) is 7.67. The summed E-state index contributed by atoms with van der Waals surface area (Å²) in [5, 5.41) is 4.92. The number of rotatable bonds is 9. The minimum atomic E-state index is -3.66. The molecule has 0 spiro atoms. The van der Waals surface area contributed by atoms with E-state index in [0.717, 1.165) is 17.7 Å². The molecule has 3 aromatic rings. The molecule has 9 heteroatoms. The van der Waals surface area contributed by atoms with Gasteiger partial charge in [-0.25, -0.2) is 12.8 Å². The fraction of sp³-hybridized carbons (Fsp3) is 0.174. The molecule has 32 heavy (non-hydrogen) atoms. The number of carbonyl (C=O) groups is 2. The summed E-state index contributed by atoms with van der Waals surface area (Å²) < 4.78 is 38.4. The van der Waals surface area contributed by atoms with Gasteiger partial charge in [-0.2, -0.15) is 0 Å². The van der Waals surface area contributed by atoms with E-state index >= 15 is 0 Å². The van der Waals surface area contributed by atoms with Crippen LogP contribution in [0.3, 0.4) is 0 Å². The number of pyridine rings is 1. The Hall–Kier alpha value is -3.59. The number of aromatic nitrogens is 1. The maximum atomic E-state index is 13.7. The van der Waals surface area contributed by atoms with Crippen LogP contribution in [0.15, 0.2) is 72.9 Å². The first-order chi connectivity index (χ1) is 15.3. The van der Waals surface area contributed by atoms with Crippen molar-refractivity contribution in [2.24, 2.45) is 0 Å². The number of anilines is 2. The summed E-state index contributed by atoms with van der Waals surface area (Å²) in [6, 6.07) is 17.6. The second kappa shape index (κ2) is 10.6. The number of hydrogen-bond donors (Lipinski definition) is 2. The first-order valence-corrected chi connectivity index (χ1v) is 11.7. The van der Waals surface area contributed by atoms with E-state index < -0.39 is 33.2 Å². The maximum absolute atomic E-state index is 13.7. The molecule has 0 saturated carbocycles. The van der Waals surface area contributed by atoms with Crippen molar-refractivity contribution in [2.45, 2.75) is 12.8 Å². The van der Waals surface area contributed by atoms with Crippen LogP contribution in [-0.4, -0.2) is 36.7 Å². The molecule has 2 aromatic carbocycles. The molecular formula is C23H22FN3O4S. The van der Waals surface area contributed by atoms with E-state index in [1.54, 1.807) is 12.1 Å². The molecule has 2 N–H and O–H groups in total. The van der Waals surface area contributed by atoms with Crippen LogP contribution in [0.4, 0.5) is 15.8 Å². The number of carbonyl (C=O) groups excluding carboxylic acids is 2. The molecule has 0 aliphatic rings. The fourth-order valence-corrected chi connectivity index (χ4v) is 4.21. The summed E-state index contributed by atoms with van der Waals surface area (Å²) in [4.78, 5) is 28.6. The zero-order chi connectivity index (χ0) is 23.0. The molecule has 0 aliphatic heterocycles. The van der Waals surface area contributed by atoms with Gasteiger partial charge in [-0.15, -0.1) is 0 Å². The van der Waals surface area contributed by atoms with Gasteiger partial charge in [0.25, 0.3) is 5.91 Å². The number of benzene rings is 2. The third kappa shape index (κ3) is 6.98. The zero-order valence-corrected chi connectivity index (χ0v) is 17.9. The lowest BCUT2D eigenvalue weighted by atomic mass is 10.1. The van der Waals surface area contributed by atoms with Gasteiger partial charge in [0.2, 0.25) is 5.91 Å².